The van der Waals surface area contributed by atoms with Gasteiger partial charge in [0.1, 0.15) is 0 Å². The van der Waals surface area contributed by atoms with Crippen molar-refractivity contribution in [2.75, 3.05) is 6.61 Å². The van der Waals surface area contributed by atoms with E-state index in [1.807, 2.05) is 0 Å². The van der Waals surface area contributed by atoms with Gasteiger partial charge in [0, 0.05) is 0 Å². The number of phosphoric acid groups is 1. The van der Waals surface area contributed by atoms with Crippen molar-refractivity contribution in [1.29, 1.82) is 0 Å². The molecule has 0 atom stereocenters. The van der Waals surface area contributed by atoms with E-state index in [1.54, 1.807) is 0 Å². The summed E-state index contributed by atoms with van der Waals surface area (Å²) < 4.78 is 14.2. The van der Waals surface area contributed by atoms with Gasteiger partial charge < -0.3 is 9.79 Å². The predicted octanol–water partition coefficient (Wildman–Crippen LogP) is 4.34. The maximum atomic E-state index is 10.3. The predicted molar refractivity (Wildman–Crippen MR) is 75.5 cm³/mol. The Bertz CT molecular complexity index is 229. The van der Waals surface area contributed by atoms with Crippen molar-refractivity contribution in [3.8, 4) is 0 Å². The molecule has 0 unspecified atom stereocenters. The van der Waals surface area contributed by atoms with Crippen LogP contribution in [0.1, 0.15) is 77.6 Å². The molecule has 0 heterocycles. The van der Waals surface area contributed by atoms with E-state index in [-0.39, 0.29) is 6.61 Å². The van der Waals surface area contributed by atoms with Gasteiger partial charge in [-0.15, -0.1) is 4.67 Å². The third-order valence-electron chi connectivity index (χ3n) is 2.98. The van der Waals surface area contributed by atoms with E-state index in [0.717, 1.165) is 19.3 Å². The highest BCUT2D eigenvalue weighted by atomic mass is 31.2. The minimum Gasteiger partial charge on any atom is -0.301 e. The van der Waals surface area contributed by atoms with Crippen LogP contribution >= 0.6 is 7.82 Å². The number of hydrogen-bond acceptors (Lipinski definition) is 3. The summed E-state index contributed by atoms with van der Waals surface area (Å²) in [5.41, 5.74) is 0. The van der Waals surface area contributed by atoms with Gasteiger partial charge in [-0.3, -0.25) is 0 Å². The average Bonchev–Trinajstić information content (AvgIpc) is 2.34. The average molecular weight is 296 g/mol. The number of hydrogen-bond donors (Lipinski definition) is 2. The maximum absolute atomic E-state index is 10.3. The molecule has 0 saturated carbocycles. The zero-order valence-electron chi connectivity index (χ0n) is 12.1. The number of rotatable bonds is 14. The van der Waals surface area contributed by atoms with Gasteiger partial charge in [-0.25, -0.2) is 9.45 Å². The van der Waals surface area contributed by atoms with Gasteiger partial charge in [0.25, 0.3) is 0 Å². The molecule has 0 aromatic heterocycles. The third kappa shape index (κ3) is 18.1. The molecular weight excluding hydrogens is 267 g/mol. The summed E-state index contributed by atoms with van der Waals surface area (Å²) in [6.45, 7) is 2.47. The largest absolute Gasteiger partial charge is 0.496 e. The van der Waals surface area contributed by atoms with Crippen LogP contribution in [0.3, 0.4) is 0 Å². The summed E-state index contributed by atoms with van der Waals surface area (Å²) in [7, 11) is -4.47. The SMILES string of the molecule is CCCCCCCCCCCCCOOP(=O)(O)O. The van der Waals surface area contributed by atoms with Gasteiger partial charge in [-0.2, -0.15) is 0 Å². The van der Waals surface area contributed by atoms with Crippen molar-refractivity contribution in [2.45, 2.75) is 77.6 Å². The first-order valence-electron chi connectivity index (χ1n) is 7.43. The molecule has 0 aliphatic heterocycles. The Kier molecular flexibility index (Phi) is 13.1. The fourth-order valence-electron chi connectivity index (χ4n) is 1.93. The molecule has 0 radical (unpaired) electrons. The molecule has 0 aliphatic rings. The van der Waals surface area contributed by atoms with Crippen LogP contribution < -0.4 is 0 Å². The van der Waals surface area contributed by atoms with Crippen LogP contribution in [0.25, 0.3) is 0 Å². The summed E-state index contributed by atoms with van der Waals surface area (Å²) in [5.74, 6) is 0. The Labute approximate surface area is 116 Å². The van der Waals surface area contributed by atoms with Crippen molar-refractivity contribution in [3.05, 3.63) is 0 Å². The maximum Gasteiger partial charge on any atom is 0.496 e. The second-order valence-electron chi connectivity index (χ2n) is 4.92. The van der Waals surface area contributed by atoms with E-state index < -0.39 is 7.82 Å². The Hall–Kier alpha value is 0.0700. The number of unbranched alkanes of at least 4 members (excludes halogenated alkanes) is 10. The zero-order valence-corrected chi connectivity index (χ0v) is 12.9. The van der Waals surface area contributed by atoms with Crippen LogP contribution in [0.15, 0.2) is 0 Å². The van der Waals surface area contributed by atoms with Crippen molar-refractivity contribution >= 4 is 7.82 Å². The van der Waals surface area contributed by atoms with Gasteiger partial charge >= 0.3 is 7.82 Å². The monoisotopic (exact) mass is 296 g/mol. The van der Waals surface area contributed by atoms with Crippen LogP contribution in [-0.4, -0.2) is 16.4 Å². The smallest absolute Gasteiger partial charge is 0.301 e. The first kappa shape index (κ1) is 19.1. The molecular formula is C13H29O5P. The third-order valence-corrected chi connectivity index (χ3v) is 3.28. The molecule has 0 saturated heterocycles. The van der Waals surface area contributed by atoms with E-state index in [9.17, 15) is 4.57 Å². The summed E-state index contributed by atoms with van der Waals surface area (Å²) >= 11 is 0. The summed E-state index contributed by atoms with van der Waals surface area (Å²) in [6, 6.07) is 0. The quantitative estimate of drug-likeness (QED) is 0.216. The molecule has 2 N–H and O–H groups in total. The fraction of sp³-hybridized carbons (Fsp3) is 1.00. The molecule has 0 spiro atoms. The molecule has 0 bridgehead atoms. The minimum atomic E-state index is -4.47. The van der Waals surface area contributed by atoms with E-state index in [0.29, 0.717) is 0 Å². The highest BCUT2D eigenvalue weighted by molar-refractivity contribution is 7.46. The fourth-order valence-corrected chi connectivity index (χ4v) is 2.14. The van der Waals surface area contributed by atoms with Gasteiger partial charge in [0.05, 0.1) is 6.61 Å². The Morgan fingerprint density at radius 3 is 1.63 bits per heavy atom. The van der Waals surface area contributed by atoms with Crippen LogP contribution in [0.4, 0.5) is 0 Å². The van der Waals surface area contributed by atoms with Crippen molar-refractivity contribution in [1.82, 2.24) is 0 Å². The van der Waals surface area contributed by atoms with E-state index in [1.165, 1.54) is 51.4 Å². The first-order chi connectivity index (χ1) is 9.06. The van der Waals surface area contributed by atoms with Crippen molar-refractivity contribution in [2.24, 2.45) is 0 Å². The molecule has 5 nitrogen and oxygen atoms in total. The van der Waals surface area contributed by atoms with Gasteiger partial charge in [0.15, 0.2) is 0 Å². The summed E-state index contributed by atoms with van der Waals surface area (Å²) in [5, 5.41) is 0. The lowest BCUT2D eigenvalue weighted by Crippen LogP contribution is -1.95. The summed E-state index contributed by atoms with van der Waals surface area (Å²) in [4.78, 5) is 21.1. The van der Waals surface area contributed by atoms with Crippen molar-refractivity contribution < 1.29 is 23.9 Å². The molecule has 116 valence electrons. The zero-order chi connectivity index (χ0) is 14.4. The van der Waals surface area contributed by atoms with Gasteiger partial charge in [-0.1, -0.05) is 71.1 Å². The van der Waals surface area contributed by atoms with Gasteiger partial charge in [-0.05, 0) is 6.42 Å². The molecule has 0 amide bonds. The van der Waals surface area contributed by atoms with Crippen LogP contribution in [0.5, 0.6) is 0 Å². The van der Waals surface area contributed by atoms with Crippen LogP contribution in [-0.2, 0) is 14.1 Å². The van der Waals surface area contributed by atoms with Gasteiger partial charge in [0.2, 0.25) is 0 Å². The van der Waals surface area contributed by atoms with Crippen LogP contribution in [0.2, 0.25) is 0 Å². The molecule has 19 heavy (non-hydrogen) atoms. The van der Waals surface area contributed by atoms with E-state index >= 15 is 0 Å². The Balaban J connectivity index is 3.01. The molecule has 0 aromatic carbocycles. The molecule has 0 fully saturated rings. The molecule has 0 aromatic rings. The van der Waals surface area contributed by atoms with E-state index in [2.05, 4.69) is 16.5 Å². The summed E-state index contributed by atoms with van der Waals surface area (Å²) in [6.07, 6.45) is 13.5. The topological polar surface area (TPSA) is 76.0 Å². The second-order valence-corrected chi connectivity index (χ2v) is 6.05. The first-order valence-corrected chi connectivity index (χ1v) is 8.96. The second kappa shape index (κ2) is 13.1. The normalized spacial score (nSPS) is 11.9. The lowest BCUT2D eigenvalue weighted by Gasteiger charge is -2.04. The molecule has 0 aliphatic carbocycles. The Morgan fingerprint density at radius 2 is 1.21 bits per heavy atom. The standard InChI is InChI=1S/C13H29O5P/c1-2-3-4-5-6-7-8-9-10-11-12-13-17-18-19(14,15)16/h2-13H2,1H3,(H2,14,15,16). The molecule has 6 heteroatoms. The molecule has 0 rings (SSSR count). The lowest BCUT2D eigenvalue weighted by molar-refractivity contribution is -0.222. The van der Waals surface area contributed by atoms with Crippen molar-refractivity contribution in [3.63, 3.8) is 0 Å². The van der Waals surface area contributed by atoms with Crippen LogP contribution in [0, 0.1) is 0 Å². The Morgan fingerprint density at radius 1 is 0.789 bits per heavy atom. The van der Waals surface area contributed by atoms with E-state index in [4.69, 9.17) is 9.79 Å². The lowest BCUT2D eigenvalue weighted by atomic mass is 10.1. The highest BCUT2D eigenvalue weighted by Gasteiger charge is 2.14. The highest BCUT2D eigenvalue weighted by Crippen LogP contribution is 2.35. The minimum absolute atomic E-state index is 0.238.